The summed E-state index contributed by atoms with van der Waals surface area (Å²) in [4.78, 5) is 27.7. The van der Waals surface area contributed by atoms with Gasteiger partial charge in [-0.25, -0.2) is 0 Å². The van der Waals surface area contributed by atoms with Crippen LogP contribution in [0.5, 0.6) is 0 Å². The van der Waals surface area contributed by atoms with Crippen LogP contribution in [-0.2, 0) is 14.3 Å². The lowest BCUT2D eigenvalue weighted by Gasteiger charge is -2.16. The fourth-order valence-corrected chi connectivity index (χ4v) is 3.40. The van der Waals surface area contributed by atoms with E-state index in [0.29, 0.717) is 17.9 Å². The molecule has 152 valence electrons. The van der Waals surface area contributed by atoms with Crippen LogP contribution in [0.1, 0.15) is 36.1 Å². The average molecular weight is 392 g/mol. The van der Waals surface area contributed by atoms with Crippen molar-refractivity contribution in [3.05, 3.63) is 70.4 Å². The molecule has 0 spiro atoms. The third-order valence-electron chi connectivity index (χ3n) is 4.91. The summed E-state index contributed by atoms with van der Waals surface area (Å²) in [5.41, 5.74) is 5.47. The number of nitrogens with zero attached hydrogens (tertiary/aromatic N) is 1. The number of aryl methyl sites for hydroxylation is 3. The molecule has 1 N–H and O–H groups in total. The summed E-state index contributed by atoms with van der Waals surface area (Å²) in [6, 6.07) is 13.6. The topological polar surface area (TPSA) is 58.6 Å². The minimum Gasteiger partial charge on any atom is -0.377 e. The van der Waals surface area contributed by atoms with Crippen LogP contribution in [-0.4, -0.2) is 36.0 Å². The molecule has 0 saturated heterocycles. The molecular formula is C24H28N2O3. The molecule has 29 heavy (non-hydrogen) atoms. The largest absolute Gasteiger partial charge is 0.377 e. The molecule has 1 heterocycles. The quantitative estimate of drug-likeness (QED) is 0.717. The van der Waals surface area contributed by atoms with Gasteiger partial charge in [-0.1, -0.05) is 41.5 Å². The van der Waals surface area contributed by atoms with Crippen LogP contribution < -0.4 is 5.32 Å². The second-order valence-electron chi connectivity index (χ2n) is 7.74. The smallest absolute Gasteiger partial charge is 0.278 e. The van der Waals surface area contributed by atoms with E-state index in [1.807, 2.05) is 77.1 Å². The molecule has 1 aliphatic rings. The van der Waals surface area contributed by atoms with Gasteiger partial charge in [-0.3, -0.25) is 14.5 Å². The molecule has 0 saturated carbocycles. The highest BCUT2D eigenvalue weighted by atomic mass is 16.5. The van der Waals surface area contributed by atoms with Crippen molar-refractivity contribution >= 4 is 23.1 Å². The summed E-state index contributed by atoms with van der Waals surface area (Å²) in [6.45, 7) is 10.4. The zero-order valence-corrected chi connectivity index (χ0v) is 17.7. The highest BCUT2D eigenvalue weighted by molar-refractivity contribution is 6.36. The second kappa shape index (κ2) is 8.62. The lowest BCUT2D eigenvalue weighted by atomic mass is 9.97. The molecular weight excluding hydrogens is 364 g/mol. The maximum Gasteiger partial charge on any atom is 0.278 e. The minimum absolute atomic E-state index is 0.0414. The summed E-state index contributed by atoms with van der Waals surface area (Å²) in [6.07, 6.45) is 0.0414. The van der Waals surface area contributed by atoms with Crippen molar-refractivity contribution in [3.8, 4) is 0 Å². The fourth-order valence-electron chi connectivity index (χ4n) is 3.40. The number of benzene rings is 2. The Hall–Kier alpha value is -2.92. The van der Waals surface area contributed by atoms with Gasteiger partial charge in [0.05, 0.1) is 24.8 Å². The molecule has 2 amide bonds. The SMILES string of the molecule is Cc1ccc(NC2=C(c3ccc(C)cc3C)C(=O)N(CCOC(C)C)C2=O)cc1. The number of amides is 2. The van der Waals surface area contributed by atoms with E-state index in [2.05, 4.69) is 5.32 Å². The molecule has 0 atom stereocenters. The molecule has 5 nitrogen and oxygen atoms in total. The van der Waals surface area contributed by atoms with Crippen molar-refractivity contribution in [1.29, 1.82) is 0 Å². The third-order valence-corrected chi connectivity index (χ3v) is 4.91. The minimum atomic E-state index is -0.321. The standard InChI is InChI=1S/C24H28N2O3/c1-15(2)29-13-12-26-23(27)21(20-11-8-17(4)14-18(20)5)22(24(26)28)25-19-9-6-16(3)7-10-19/h6-11,14-15,25H,12-13H2,1-5H3. The van der Waals surface area contributed by atoms with Gasteiger partial charge in [0.15, 0.2) is 0 Å². The lowest BCUT2D eigenvalue weighted by Crippen LogP contribution is -2.35. The zero-order chi connectivity index (χ0) is 21.1. The number of hydrogen-bond donors (Lipinski definition) is 1. The Morgan fingerprint density at radius 2 is 1.59 bits per heavy atom. The number of rotatable bonds is 7. The van der Waals surface area contributed by atoms with E-state index in [0.717, 1.165) is 27.9 Å². The molecule has 0 unspecified atom stereocenters. The van der Waals surface area contributed by atoms with Gasteiger partial charge in [-0.15, -0.1) is 0 Å². The third kappa shape index (κ3) is 4.57. The first-order valence-electron chi connectivity index (χ1n) is 9.91. The van der Waals surface area contributed by atoms with Gasteiger partial charge in [0.25, 0.3) is 11.8 Å². The number of carbonyl (C=O) groups excluding carboxylic acids is 2. The van der Waals surface area contributed by atoms with E-state index < -0.39 is 0 Å². The summed E-state index contributed by atoms with van der Waals surface area (Å²) < 4.78 is 5.56. The van der Waals surface area contributed by atoms with Gasteiger partial charge in [-0.05, 0) is 57.9 Å². The molecule has 0 aromatic heterocycles. The molecule has 2 aromatic carbocycles. The zero-order valence-electron chi connectivity index (χ0n) is 17.7. The number of anilines is 1. The van der Waals surface area contributed by atoms with Crippen molar-refractivity contribution in [2.24, 2.45) is 0 Å². The summed E-state index contributed by atoms with van der Waals surface area (Å²) in [7, 11) is 0. The van der Waals surface area contributed by atoms with Crippen LogP contribution in [0.3, 0.4) is 0 Å². The van der Waals surface area contributed by atoms with E-state index >= 15 is 0 Å². The molecule has 1 aliphatic heterocycles. The maximum atomic E-state index is 13.2. The normalized spacial score (nSPS) is 14.3. The fraction of sp³-hybridized carbons (Fsp3) is 0.333. The molecule has 0 radical (unpaired) electrons. The second-order valence-corrected chi connectivity index (χ2v) is 7.74. The highest BCUT2D eigenvalue weighted by Crippen LogP contribution is 2.32. The van der Waals surface area contributed by atoms with E-state index in [9.17, 15) is 9.59 Å². The van der Waals surface area contributed by atoms with Crippen molar-refractivity contribution in [3.63, 3.8) is 0 Å². The predicted octanol–water partition coefficient (Wildman–Crippen LogP) is 4.23. The van der Waals surface area contributed by atoms with Crippen LogP contribution in [0.2, 0.25) is 0 Å². The Bertz CT molecular complexity index is 959. The van der Waals surface area contributed by atoms with Crippen LogP contribution in [0, 0.1) is 20.8 Å². The molecule has 0 bridgehead atoms. The van der Waals surface area contributed by atoms with Crippen LogP contribution in [0.4, 0.5) is 5.69 Å². The molecule has 0 aliphatic carbocycles. The molecule has 0 fully saturated rings. The Labute approximate surface area is 172 Å². The summed E-state index contributed by atoms with van der Waals surface area (Å²) in [5, 5.41) is 3.19. The van der Waals surface area contributed by atoms with Gasteiger partial charge >= 0.3 is 0 Å². The number of imide groups is 1. The molecule has 3 rings (SSSR count). The van der Waals surface area contributed by atoms with E-state index in [1.54, 1.807) is 0 Å². The molecule has 2 aromatic rings. The lowest BCUT2D eigenvalue weighted by molar-refractivity contribution is -0.137. The Balaban J connectivity index is 2.00. The van der Waals surface area contributed by atoms with Crippen molar-refractivity contribution in [2.75, 3.05) is 18.5 Å². The number of ether oxygens (including phenoxy) is 1. The Kier molecular flexibility index (Phi) is 6.18. The first-order chi connectivity index (χ1) is 13.8. The molecule has 5 heteroatoms. The van der Waals surface area contributed by atoms with Crippen LogP contribution in [0.25, 0.3) is 5.57 Å². The highest BCUT2D eigenvalue weighted by Gasteiger charge is 2.39. The Morgan fingerprint density at radius 3 is 2.21 bits per heavy atom. The first-order valence-corrected chi connectivity index (χ1v) is 9.91. The Morgan fingerprint density at radius 1 is 0.931 bits per heavy atom. The first kappa shape index (κ1) is 20.8. The van der Waals surface area contributed by atoms with Gasteiger partial charge < -0.3 is 10.1 Å². The van der Waals surface area contributed by atoms with Gasteiger partial charge in [-0.2, -0.15) is 0 Å². The van der Waals surface area contributed by atoms with Crippen molar-refractivity contribution in [1.82, 2.24) is 4.90 Å². The van der Waals surface area contributed by atoms with Crippen LogP contribution in [0.15, 0.2) is 48.2 Å². The van der Waals surface area contributed by atoms with Gasteiger partial charge in [0.2, 0.25) is 0 Å². The van der Waals surface area contributed by atoms with Crippen molar-refractivity contribution in [2.45, 2.75) is 40.7 Å². The number of carbonyl (C=O) groups is 2. The number of hydrogen-bond acceptors (Lipinski definition) is 4. The summed E-state index contributed by atoms with van der Waals surface area (Å²) >= 11 is 0. The van der Waals surface area contributed by atoms with E-state index in [-0.39, 0.29) is 24.5 Å². The monoisotopic (exact) mass is 392 g/mol. The van der Waals surface area contributed by atoms with E-state index in [4.69, 9.17) is 4.74 Å². The van der Waals surface area contributed by atoms with Gasteiger partial charge in [0, 0.05) is 5.69 Å². The van der Waals surface area contributed by atoms with Crippen LogP contribution >= 0.6 is 0 Å². The summed E-state index contributed by atoms with van der Waals surface area (Å²) in [5.74, 6) is -0.609. The van der Waals surface area contributed by atoms with Crippen molar-refractivity contribution < 1.29 is 14.3 Å². The average Bonchev–Trinajstić information content (AvgIpc) is 2.88. The maximum absolute atomic E-state index is 13.2. The number of nitrogens with one attached hydrogen (secondary N) is 1. The predicted molar refractivity (Wildman–Crippen MR) is 115 cm³/mol. The van der Waals surface area contributed by atoms with Gasteiger partial charge in [0.1, 0.15) is 5.70 Å². The van der Waals surface area contributed by atoms with E-state index in [1.165, 1.54) is 4.90 Å².